The second-order valence-electron chi connectivity index (χ2n) is 6.58. The number of hydrogen-bond donors (Lipinski definition) is 2. The topological polar surface area (TPSA) is 82.9 Å². The van der Waals surface area contributed by atoms with Gasteiger partial charge in [0, 0.05) is 28.3 Å². The molecule has 0 aliphatic carbocycles. The van der Waals surface area contributed by atoms with Crippen molar-refractivity contribution in [3.05, 3.63) is 82.6 Å². The first-order chi connectivity index (χ1) is 14.7. The third-order valence-electron chi connectivity index (χ3n) is 4.60. The van der Waals surface area contributed by atoms with Gasteiger partial charge in [-0.2, -0.15) is 5.26 Å². The molecule has 0 amide bonds. The van der Waals surface area contributed by atoms with Gasteiger partial charge < -0.3 is 15.4 Å². The van der Waals surface area contributed by atoms with Crippen molar-refractivity contribution in [1.82, 2.24) is 9.97 Å². The molecule has 30 heavy (non-hydrogen) atoms. The van der Waals surface area contributed by atoms with E-state index in [4.69, 9.17) is 4.74 Å². The van der Waals surface area contributed by atoms with E-state index in [9.17, 15) is 5.26 Å². The van der Waals surface area contributed by atoms with Crippen molar-refractivity contribution in [3.63, 3.8) is 0 Å². The lowest BCUT2D eigenvalue weighted by atomic mass is 10.1. The molecule has 0 saturated carbocycles. The molecule has 0 radical (unpaired) electrons. The third-order valence-corrected chi connectivity index (χ3v) is 5.09. The van der Waals surface area contributed by atoms with Crippen molar-refractivity contribution in [1.29, 1.82) is 5.26 Å². The maximum absolute atomic E-state index is 9.59. The Morgan fingerprint density at radius 1 is 1.07 bits per heavy atom. The summed E-state index contributed by atoms with van der Waals surface area (Å²) in [6, 6.07) is 19.8. The van der Waals surface area contributed by atoms with Gasteiger partial charge in [-0.15, -0.1) is 0 Å². The van der Waals surface area contributed by atoms with Crippen LogP contribution in [-0.4, -0.2) is 17.1 Å². The number of anilines is 3. The van der Waals surface area contributed by atoms with Gasteiger partial charge in [0.1, 0.15) is 17.6 Å². The van der Waals surface area contributed by atoms with Gasteiger partial charge in [-0.1, -0.05) is 34.1 Å². The van der Waals surface area contributed by atoms with Gasteiger partial charge in [0.15, 0.2) is 0 Å². The number of ether oxygens (including phenoxy) is 1. The first-order valence-corrected chi connectivity index (χ1v) is 10.0. The molecule has 2 N–H and O–H groups in total. The Hall–Kier alpha value is -3.63. The van der Waals surface area contributed by atoms with Crippen LogP contribution in [0.3, 0.4) is 0 Å². The Balaban J connectivity index is 1.65. The Bertz CT molecular complexity index is 1230. The quantitative estimate of drug-likeness (QED) is 0.388. The summed E-state index contributed by atoms with van der Waals surface area (Å²) in [6.07, 6.45) is 3.27. The van der Waals surface area contributed by atoms with E-state index in [2.05, 4.69) is 42.6 Å². The zero-order valence-corrected chi connectivity index (χ0v) is 17.8. The Kier molecular flexibility index (Phi) is 5.77. The maximum Gasteiger partial charge on any atom is 0.126 e. The number of hydrogen-bond acceptors (Lipinski definition) is 6. The second kappa shape index (κ2) is 8.80. The lowest BCUT2D eigenvalue weighted by molar-refractivity contribution is 0.414. The van der Waals surface area contributed by atoms with Gasteiger partial charge in [0.2, 0.25) is 0 Å². The van der Waals surface area contributed by atoms with E-state index >= 15 is 0 Å². The fourth-order valence-electron chi connectivity index (χ4n) is 3.06. The lowest BCUT2D eigenvalue weighted by Crippen LogP contribution is -2.03. The van der Waals surface area contributed by atoms with Crippen LogP contribution in [0.4, 0.5) is 17.2 Å². The zero-order chi connectivity index (χ0) is 20.9. The largest absolute Gasteiger partial charge is 0.497 e. The van der Waals surface area contributed by atoms with Gasteiger partial charge in [0.25, 0.3) is 0 Å². The van der Waals surface area contributed by atoms with Crippen LogP contribution in [0.1, 0.15) is 11.1 Å². The average molecular weight is 460 g/mol. The van der Waals surface area contributed by atoms with Crippen molar-refractivity contribution in [3.8, 4) is 11.8 Å². The number of rotatable bonds is 6. The summed E-state index contributed by atoms with van der Waals surface area (Å²) in [5.74, 6) is 1.52. The van der Waals surface area contributed by atoms with Gasteiger partial charge >= 0.3 is 0 Å². The van der Waals surface area contributed by atoms with Crippen LogP contribution < -0.4 is 15.4 Å². The fourth-order valence-corrected chi connectivity index (χ4v) is 3.46. The standard InChI is InChI=1S/C23H18BrN5O/c1-30-19-7-5-15(6-8-19)12-27-22-10-20-21(14-28-22)26-13-16(11-25)23(20)29-18-4-2-3-17(24)9-18/h2-10,13-14H,12H2,1H3,(H,26,29)(H,27,28). The monoisotopic (exact) mass is 459 g/mol. The molecule has 2 heterocycles. The van der Waals surface area contributed by atoms with Crippen molar-refractivity contribution >= 4 is 44.0 Å². The predicted octanol–water partition coefficient (Wildman–Crippen LogP) is 5.63. The smallest absolute Gasteiger partial charge is 0.126 e. The molecule has 0 aliphatic rings. The average Bonchev–Trinajstić information content (AvgIpc) is 2.78. The highest BCUT2D eigenvalue weighted by Gasteiger charge is 2.11. The Morgan fingerprint density at radius 2 is 1.90 bits per heavy atom. The minimum Gasteiger partial charge on any atom is -0.497 e. The third kappa shape index (κ3) is 4.34. The number of nitrogens with zero attached hydrogens (tertiary/aromatic N) is 3. The molecule has 0 bridgehead atoms. The summed E-state index contributed by atoms with van der Waals surface area (Å²) in [4.78, 5) is 8.83. The highest BCUT2D eigenvalue weighted by atomic mass is 79.9. The van der Waals surface area contributed by atoms with Crippen LogP contribution in [0.5, 0.6) is 5.75 Å². The van der Waals surface area contributed by atoms with E-state index in [-0.39, 0.29) is 0 Å². The highest BCUT2D eigenvalue weighted by Crippen LogP contribution is 2.30. The van der Waals surface area contributed by atoms with E-state index in [1.54, 1.807) is 19.5 Å². The fraction of sp³-hybridized carbons (Fsp3) is 0.0870. The Labute approximate surface area is 182 Å². The maximum atomic E-state index is 9.59. The number of halogens is 1. The molecule has 6 nitrogen and oxygen atoms in total. The van der Waals surface area contributed by atoms with Crippen LogP contribution in [-0.2, 0) is 6.54 Å². The first-order valence-electron chi connectivity index (χ1n) is 9.24. The molecular weight excluding hydrogens is 442 g/mol. The van der Waals surface area contributed by atoms with Crippen molar-refractivity contribution in [2.24, 2.45) is 0 Å². The zero-order valence-electron chi connectivity index (χ0n) is 16.2. The summed E-state index contributed by atoms with van der Waals surface area (Å²) in [5.41, 5.74) is 3.86. The van der Waals surface area contributed by atoms with Gasteiger partial charge in [-0.25, -0.2) is 4.98 Å². The molecule has 0 aliphatic heterocycles. The highest BCUT2D eigenvalue weighted by molar-refractivity contribution is 9.10. The molecule has 7 heteroatoms. The molecule has 0 spiro atoms. The van der Waals surface area contributed by atoms with Crippen LogP contribution >= 0.6 is 15.9 Å². The van der Waals surface area contributed by atoms with Crippen molar-refractivity contribution < 1.29 is 4.74 Å². The van der Waals surface area contributed by atoms with E-state index in [0.29, 0.717) is 29.1 Å². The van der Waals surface area contributed by atoms with Crippen LogP contribution in [0.25, 0.3) is 10.9 Å². The van der Waals surface area contributed by atoms with E-state index < -0.39 is 0 Å². The molecule has 148 valence electrons. The molecular formula is C23H18BrN5O. The number of nitrogens with one attached hydrogen (secondary N) is 2. The number of benzene rings is 2. The van der Waals surface area contributed by atoms with Gasteiger partial charge in [-0.05, 0) is 42.0 Å². The molecule has 4 rings (SSSR count). The van der Waals surface area contributed by atoms with Gasteiger partial charge in [0.05, 0.1) is 30.1 Å². The predicted molar refractivity (Wildman–Crippen MR) is 122 cm³/mol. The van der Waals surface area contributed by atoms with Gasteiger partial charge in [-0.3, -0.25) is 4.98 Å². The molecule has 2 aromatic carbocycles. The van der Waals surface area contributed by atoms with E-state index in [1.807, 2.05) is 54.6 Å². The van der Waals surface area contributed by atoms with Crippen LogP contribution in [0.2, 0.25) is 0 Å². The Morgan fingerprint density at radius 3 is 2.63 bits per heavy atom. The second-order valence-corrected chi connectivity index (χ2v) is 7.50. The molecule has 0 fully saturated rings. The minimum absolute atomic E-state index is 0.467. The molecule has 0 saturated heterocycles. The lowest BCUT2D eigenvalue weighted by Gasteiger charge is -2.13. The summed E-state index contributed by atoms with van der Waals surface area (Å²) in [5, 5.41) is 17.1. The number of methoxy groups -OCH3 is 1. The SMILES string of the molecule is COc1ccc(CNc2cc3c(Nc4cccc(Br)c4)c(C#N)cnc3cn2)cc1. The van der Waals surface area contributed by atoms with E-state index in [1.165, 1.54) is 0 Å². The van der Waals surface area contributed by atoms with E-state index in [0.717, 1.165) is 26.9 Å². The number of pyridine rings is 2. The summed E-state index contributed by atoms with van der Waals surface area (Å²) in [6.45, 7) is 0.613. The summed E-state index contributed by atoms with van der Waals surface area (Å²) in [7, 11) is 1.65. The number of aromatic nitrogens is 2. The molecule has 0 unspecified atom stereocenters. The van der Waals surface area contributed by atoms with Crippen molar-refractivity contribution in [2.75, 3.05) is 17.7 Å². The molecule has 2 aromatic heterocycles. The number of nitriles is 1. The minimum atomic E-state index is 0.467. The summed E-state index contributed by atoms with van der Waals surface area (Å²) >= 11 is 3.48. The summed E-state index contributed by atoms with van der Waals surface area (Å²) < 4.78 is 6.15. The molecule has 0 atom stereocenters. The molecule has 4 aromatic rings. The number of fused-ring (bicyclic) bond motifs is 1. The van der Waals surface area contributed by atoms with Crippen LogP contribution in [0.15, 0.2) is 71.5 Å². The first kappa shape index (κ1) is 19.7. The van der Waals surface area contributed by atoms with Crippen LogP contribution in [0, 0.1) is 11.3 Å². The van der Waals surface area contributed by atoms with Crippen molar-refractivity contribution in [2.45, 2.75) is 6.54 Å². The normalized spacial score (nSPS) is 10.4.